The average molecular weight is 205 g/mol. The van der Waals surface area contributed by atoms with Crippen LogP contribution in [0.3, 0.4) is 0 Å². The van der Waals surface area contributed by atoms with Crippen molar-refractivity contribution < 1.29 is 9.59 Å². The number of carbonyl (C=O) groups excluding carboxylic acids is 2. The third-order valence-corrected chi connectivity index (χ3v) is 2.30. The topological polar surface area (TPSA) is 62.3 Å². The highest BCUT2D eigenvalue weighted by Crippen LogP contribution is 2.19. The SMILES string of the molecule is CNc1ccc(N2CC(=O)CC2=O)cn1. The smallest absolute Gasteiger partial charge is 0.234 e. The van der Waals surface area contributed by atoms with Gasteiger partial charge in [0.2, 0.25) is 5.91 Å². The van der Waals surface area contributed by atoms with Crippen LogP contribution in [-0.2, 0) is 9.59 Å². The maximum Gasteiger partial charge on any atom is 0.234 e. The number of amides is 1. The molecule has 0 atom stereocenters. The first kappa shape index (κ1) is 9.64. The van der Waals surface area contributed by atoms with Crippen LogP contribution in [0.15, 0.2) is 18.3 Å². The number of hydrogen-bond acceptors (Lipinski definition) is 4. The van der Waals surface area contributed by atoms with Gasteiger partial charge in [-0.3, -0.25) is 9.59 Å². The summed E-state index contributed by atoms with van der Waals surface area (Å²) in [5, 5.41) is 2.88. The van der Waals surface area contributed by atoms with Crippen molar-refractivity contribution in [2.45, 2.75) is 6.42 Å². The summed E-state index contributed by atoms with van der Waals surface area (Å²) in [7, 11) is 1.77. The molecule has 1 aromatic rings. The summed E-state index contributed by atoms with van der Waals surface area (Å²) in [5.41, 5.74) is 0.671. The Balaban J connectivity index is 2.22. The number of aromatic nitrogens is 1. The van der Waals surface area contributed by atoms with Gasteiger partial charge in [-0.1, -0.05) is 0 Å². The first-order valence-electron chi connectivity index (χ1n) is 4.66. The largest absolute Gasteiger partial charge is 0.373 e. The Hall–Kier alpha value is -1.91. The van der Waals surface area contributed by atoms with Gasteiger partial charge in [0.05, 0.1) is 24.8 Å². The van der Waals surface area contributed by atoms with Crippen LogP contribution in [0.4, 0.5) is 11.5 Å². The number of ketones is 1. The Morgan fingerprint density at radius 2 is 2.20 bits per heavy atom. The van der Waals surface area contributed by atoms with Crippen molar-refractivity contribution in [1.29, 1.82) is 0 Å². The van der Waals surface area contributed by atoms with E-state index in [0.29, 0.717) is 5.69 Å². The summed E-state index contributed by atoms with van der Waals surface area (Å²) >= 11 is 0. The lowest BCUT2D eigenvalue weighted by molar-refractivity contribution is -0.121. The number of pyridine rings is 1. The Labute approximate surface area is 87.1 Å². The molecule has 1 saturated heterocycles. The summed E-state index contributed by atoms with van der Waals surface area (Å²) < 4.78 is 0. The van der Waals surface area contributed by atoms with Crippen LogP contribution in [0.2, 0.25) is 0 Å². The van der Waals surface area contributed by atoms with E-state index < -0.39 is 0 Å². The minimum Gasteiger partial charge on any atom is -0.373 e. The van der Waals surface area contributed by atoms with Crippen molar-refractivity contribution in [2.75, 3.05) is 23.8 Å². The van der Waals surface area contributed by atoms with E-state index >= 15 is 0 Å². The standard InChI is InChI=1S/C10H11N3O2/c1-11-9-3-2-7(5-12-9)13-6-8(14)4-10(13)15/h2-3,5H,4,6H2,1H3,(H,11,12). The Kier molecular flexibility index (Phi) is 2.37. The zero-order chi connectivity index (χ0) is 10.8. The molecule has 0 radical (unpaired) electrons. The van der Waals surface area contributed by atoms with Crippen molar-refractivity contribution in [3.05, 3.63) is 18.3 Å². The molecule has 78 valence electrons. The molecule has 1 aliphatic rings. The van der Waals surface area contributed by atoms with E-state index in [9.17, 15) is 9.59 Å². The Bertz CT molecular complexity index is 400. The summed E-state index contributed by atoms with van der Waals surface area (Å²) in [5.74, 6) is 0.536. The first-order valence-corrected chi connectivity index (χ1v) is 4.66. The van der Waals surface area contributed by atoms with Gasteiger partial charge in [0.1, 0.15) is 5.82 Å². The molecule has 0 aromatic carbocycles. The van der Waals surface area contributed by atoms with Crippen LogP contribution < -0.4 is 10.2 Å². The lowest BCUT2D eigenvalue weighted by atomic mass is 10.3. The van der Waals surface area contributed by atoms with Gasteiger partial charge in [-0.15, -0.1) is 0 Å². The molecule has 1 aromatic heterocycles. The van der Waals surface area contributed by atoms with Crippen LogP contribution in [0.25, 0.3) is 0 Å². The van der Waals surface area contributed by atoms with Crippen LogP contribution >= 0.6 is 0 Å². The molecule has 1 fully saturated rings. The van der Waals surface area contributed by atoms with Gasteiger partial charge in [-0.2, -0.15) is 0 Å². The normalized spacial score (nSPS) is 15.9. The second-order valence-electron chi connectivity index (χ2n) is 3.35. The van der Waals surface area contributed by atoms with E-state index in [1.54, 1.807) is 25.4 Å². The fourth-order valence-electron chi connectivity index (χ4n) is 1.51. The number of carbonyl (C=O) groups is 2. The highest BCUT2D eigenvalue weighted by atomic mass is 16.2. The first-order chi connectivity index (χ1) is 7.20. The molecule has 0 bridgehead atoms. The quantitative estimate of drug-likeness (QED) is 0.711. The summed E-state index contributed by atoms with van der Waals surface area (Å²) in [6.45, 7) is 0.166. The van der Waals surface area contributed by atoms with Gasteiger partial charge in [-0.05, 0) is 12.1 Å². The van der Waals surface area contributed by atoms with Crippen LogP contribution in [0.1, 0.15) is 6.42 Å². The number of nitrogens with one attached hydrogen (secondary N) is 1. The fourth-order valence-corrected chi connectivity index (χ4v) is 1.51. The van der Waals surface area contributed by atoms with Gasteiger partial charge in [0.15, 0.2) is 5.78 Å². The molecule has 2 rings (SSSR count). The van der Waals surface area contributed by atoms with E-state index in [1.165, 1.54) is 4.90 Å². The second kappa shape index (κ2) is 3.68. The molecule has 0 spiro atoms. The molecule has 0 saturated carbocycles. The van der Waals surface area contributed by atoms with E-state index in [-0.39, 0.29) is 24.7 Å². The predicted molar refractivity (Wildman–Crippen MR) is 55.8 cm³/mol. The van der Waals surface area contributed by atoms with Gasteiger partial charge < -0.3 is 10.2 Å². The van der Waals surface area contributed by atoms with Crippen molar-refractivity contribution in [3.8, 4) is 0 Å². The van der Waals surface area contributed by atoms with Crippen LogP contribution in [0.5, 0.6) is 0 Å². The lowest BCUT2D eigenvalue weighted by Gasteiger charge is -2.14. The zero-order valence-electron chi connectivity index (χ0n) is 8.36. The number of nitrogens with zero attached hydrogens (tertiary/aromatic N) is 2. The number of hydrogen-bond donors (Lipinski definition) is 1. The molecule has 5 heteroatoms. The molecule has 1 N–H and O–H groups in total. The summed E-state index contributed by atoms with van der Waals surface area (Å²) in [6, 6.07) is 3.54. The van der Waals surface area contributed by atoms with Crippen molar-refractivity contribution in [3.63, 3.8) is 0 Å². The molecule has 2 heterocycles. The van der Waals surface area contributed by atoms with Crippen LogP contribution in [-0.4, -0.2) is 30.3 Å². The van der Waals surface area contributed by atoms with Crippen molar-refractivity contribution in [2.24, 2.45) is 0 Å². The lowest BCUT2D eigenvalue weighted by Crippen LogP contribution is -2.24. The molecule has 5 nitrogen and oxygen atoms in total. The maximum absolute atomic E-state index is 11.4. The van der Waals surface area contributed by atoms with Crippen LogP contribution in [0, 0.1) is 0 Å². The van der Waals surface area contributed by atoms with Gasteiger partial charge in [-0.25, -0.2) is 4.98 Å². The van der Waals surface area contributed by atoms with E-state index in [1.807, 2.05) is 0 Å². The van der Waals surface area contributed by atoms with E-state index in [0.717, 1.165) is 5.82 Å². The molecule has 1 amide bonds. The van der Waals surface area contributed by atoms with Gasteiger partial charge >= 0.3 is 0 Å². The second-order valence-corrected chi connectivity index (χ2v) is 3.35. The fraction of sp³-hybridized carbons (Fsp3) is 0.300. The molecule has 1 aliphatic heterocycles. The predicted octanol–water partition coefficient (Wildman–Crippen LogP) is 0.429. The molecular formula is C10H11N3O2. The van der Waals surface area contributed by atoms with Gasteiger partial charge in [0.25, 0.3) is 0 Å². The number of rotatable bonds is 2. The Morgan fingerprint density at radius 3 is 2.67 bits per heavy atom. The minimum atomic E-state index is -0.154. The number of anilines is 2. The number of Topliss-reactive ketones (excluding diaryl/α,β-unsaturated/α-hetero) is 1. The molecule has 0 aliphatic carbocycles. The summed E-state index contributed by atoms with van der Waals surface area (Å²) in [6.07, 6.45) is 1.59. The third-order valence-electron chi connectivity index (χ3n) is 2.30. The molecule has 0 unspecified atom stereocenters. The molecule has 15 heavy (non-hydrogen) atoms. The Morgan fingerprint density at radius 1 is 1.40 bits per heavy atom. The minimum absolute atomic E-state index is 0.00772. The third kappa shape index (κ3) is 1.81. The van der Waals surface area contributed by atoms with Crippen molar-refractivity contribution in [1.82, 2.24) is 4.98 Å². The average Bonchev–Trinajstić information content (AvgIpc) is 2.58. The van der Waals surface area contributed by atoms with Crippen molar-refractivity contribution >= 4 is 23.2 Å². The highest BCUT2D eigenvalue weighted by Gasteiger charge is 2.28. The highest BCUT2D eigenvalue weighted by molar-refractivity contribution is 6.14. The zero-order valence-corrected chi connectivity index (χ0v) is 8.36. The van der Waals surface area contributed by atoms with Gasteiger partial charge in [0, 0.05) is 7.05 Å². The summed E-state index contributed by atoms with van der Waals surface area (Å²) in [4.78, 5) is 28.0. The van der Waals surface area contributed by atoms with E-state index in [4.69, 9.17) is 0 Å². The van der Waals surface area contributed by atoms with E-state index in [2.05, 4.69) is 10.3 Å². The molecular weight excluding hydrogens is 194 g/mol. The maximum atomic E-state index is 11.4. The monoisotopic (exact) mass is 205 g/mol.